The fourth-order valence-electron chi connectivity index (χ4n) is 2.42. The topological polar surface area (TPSA) is 70.2 Å². The van der Waals surface area contributed by atoms with Gasteiger partial charge in [0.25, 0.3) is 0 Å². The Morgan fingerprint density at radius 3 is 2.85 bits per heavy atom. The Labute approximate surface area is 120 Å². The predicted octanol–water partition coefficient (Wildman–Crippen LogP) is 1.11. The maximum Gasteiger partial charge on any atom is 0.221 e. The highest BCUT2D eigenvalue weighted by Crippen LogP contribution is 2.24. The van der Waals surface area contributed by atoms with E-state index >= 15 is 0 Å². The molecule has 0 unspecified atom stereocenters. The van der Waals surface area contributed by atoms with E-state index in [-0.39, 0.29) is 5.91 Å². The first kappa shape index (κ1) is 14.6. The number of aryl methyl sites for hydroxylation is 1. The van der Waals surface area contributed by atoms with Gasteiger partial charge in [-0.05, 0) is 13.3 Å². The largest absolute Gasteiger partial charge is 0.373 e. The molecule has 0 aromatic carbocycles. The third kappa shape index (κ3) is 3.18. The molecule has 20 heavy (non-hydrogen) atoms. The summed E-state index contributed by atoms with van der Waals surface area (Å²) >= 11 is 0. The van der Waals surface area contributed by atoms with Crippen molar-refractivity contribution in [1.82, 2.24) is 15.3 Å². The standard InChI is InChI=1S/C14H23N5O/c1-4-5-11-17-13(15-3)10(2)14(18-11)19-8-6-12(20)16-7-9-19/h4-9H2,1-3H3,(H,16,20)(H,15,17,18). The summed E-state index contributed by atoms with van der Waals surface area (Å²) in [4.78, 5) is 22.9. The molecule has 1 aromatic heterocycles. The summed E-state index contributed by atoms with van der Waals surface area (Å²) in [6, 6.07) is 0. The van der Waals surface area contributed by atoms with Crippen LogP contribution in [0.3, 0.4) is 0 Å². The molecular weight excluding hydrogens is 254 g/mol. The molecule has 0 aliphatic carbocycles. The summed E-state index contributed by atoms with van der Waals surface area (Å²) < 4.78 is 0. The lowest BCUT2D eigenvalue weighted by atomic mass is 10.2. The number of amides is 1. The zero-order valence-electron chi connectivity index (χ0n) is 12.5. The summed E-state index contributed by atoms with van der Waals surface area (Å²) in [5, 5.41) is 6.03. The first-order chi connectivity index (χ1) is 9.65. The van der Waals surface area contributed by atoms with E-state index in [4.69, 9.17) is 4.98 Å². The van der Waals surface area contributed by atoms with Crippen molar-refractivity contribution in [3.05, 3.63) is 11.4 Å². The zero-order chi connectivity index (χ0) is 14.5. The first-order valence-corrected chi connectivity index (χ1v) is 7.22. The van der Waals surface area contributed by atoms with Crippen LogP contribution in [0.1, 0.15) is 31.2 Å². The quantitative estimate of drug-likeness (QED) is 0.862. The Morgan fingerprint density at radius 2 is 2.15 bits per heavy atom. The Morgan fingerprint density at radius 1 is 1.35 bits per heavy atom. The Balaban J connectivity index is 2.33. The number of hydrogen-bond donors (Lipinski definition) is 2. The van der Waals surface area contributed by atoms with Gasteiger partial charge in [0.2, 0.25) is 5.91 Å². The Bertz CT molecular complexity index is 489. The first-order valence-electron chi connectivity index (χ1n) is 7.22. The molecule has 6 nitrogen and oxygen atoms in total. The van der Waals surface area contributed by atoms with Crippen LogP contribution in [0.4, 0.5) is 11.6 Å². The van der Waals surface area contributed by atoms with Gasteiger partial charge >= 0.3 is 0 Å². The molecule has 6 heteroatoms. The second-order valence-electron chi connectivity index (χ2n) is 5.02. The molecule has 2 heterocycles. The highest BCUT2D eigenvalue weighted by atomic mass is 16.1. The molecule has 2 N–H and O–H groups in total. The molecule has 2 rings (SSSR count). The summed E-state index contributed by atoms with van der Waals surface area (Å²) in [5.74, 6) is 2.80. The minimum Gasteiger partial charge on any atom is -0.373 e. The van der Waals surface area contributed by atoms with E-state index in [1.165, 1.54) is 0 Å². The van der Waals surface area contributed by atoms with E-state index in [1.807, 2.05) is 14.0 Å². The average Bonchev–Trinajstić information content (AvgIpc) is 2.65. The van der Waals surface area contributed by atoms with Gasteiger partial charge in [0.15, 0.2) is 0 Å². The van der Waals surface area contributed by atoms with E-state index in [0.29, 0.717) is 19.5 Å². The van der Waals surface area contributed by atoms with Crippen LogP contribution in [-0.2, 0) is 11.2 Å². The number of carbonyl (C=O) groups is 1. The van der Waals surface area contributed by atoms with Crippen molar-refractivity contribution < 1.29 is 4.79 Å². The highest BCUT2D eigenvalue weighted by molar-refractivity contribution is 5.77. The maximum atomic E-state index is 11.5. The van der Waals surface area contributed by atoms with Crippen LogP contribution in [0, 0.1) is 6.92 Å². The number of nitrogens with one attached hydrogen (secondary N) is 2. The van der Waals surface area contributed by atoms with Gasteiger partial charge in [0.05, 0.1) is 0 Å². The zero-order valence-corrected chi connectivity index (χ0v) is 12.5. The number of aromatic nitrogens is 2. The number of nitrogens with zero attached hydrogens (tertiary/aromatic N) is 3. The number of rotatable bonds is 4. The van der Waals surface area contributed by atoms with Gasteiger partial charge in [-0.25, -0.2) is 9.97 Å². The molecule has 0 spiro atoms. The number of carbonyl (C=O) groups excluding carboxylic acids is 1. The van der Waals surface area contributed by atoms with Crippen molar-refractivity contribution >= 4 is 17.5 Å². The molecule has 0 radical (unpaired) electrons. The molecule has 1 aliphatic rings. The van der Waals surface area contributed by atoms with Gasteiger partial charge in [-0.15, -0.1) is 0 Å². The van der Waals surface area contributed by atoms with Gasteiger partial charge in [0, 0.05) is 45.1 Å². The SMILES string of the molecule is CCCc1nc(NC)c(C)c(N2CCNC(=O)CC2)n1. The molecule has 1 saturated heterocycles. The van der Waals surface area contributed by atoms with Gasteiger partial charge in [-0.2, -0.15) is 0 Å². The van der Waals surface area contributed by atoms with Crippen LogP contribution < -0.4 is 15.5 Å². The normalized spacial score (nSPS) is 15.8. The molecule has 0 atom stereocenters. The minimum absolute atomic E-state index is 0.113. The molecule has 110 valence electrons. The highest BCUT2D eigenvalue weighted by Gasteiger charge is 2.19. The number of anilines is 2. The van der Waals surface area contributed by atoms with Crippen molar-refractivity contribution in [2.45, 2.75) is 33.1 Å². The van der Waals surface area contributed by atoms with Gasteiger partial charge in [-0.3, -0.25) is 4.79 Å². The lowest BCUT2D eigenvalue weighted by molar-refractivity contribution is -0.120. The van der Waals surface area contributed by atoms with Crippen LogP contribution in [-0.4, -0.2) is 42.6 Å². The Hall–Kier alpha value is -1.85. The van der Waals surface area contributed by atoms with Crippen LogP contribution in [0.5, 0.6) is 0 Å². The minimum atomic E-state index is 0.113. The van der Waals surface area contributed by atoms with Gasteiger partial charge in [-0.1, -0.05) is 6.92 Å². The number of hydrogen-bond acceptors (Lipinski definition) is 5. The van der Waals surface area contributed by atoms with E-state index in [0.717, 1.165) is 42.4 Å². The van der Waals surface area contributed by atoms with Crippen LogP contribution >= 0.6 is 0 Å². The molecule has 0 saturated carbocycles. The maximum absolute atomic E-state index is 11.5. The smallest absolute Gasteiger partial charge is 0.221 e. The van der Waals surface area contributed by atoms with Gasteiger partial charge < -0.3 is 15.5 Å². The molecular formula is C14H23N5O. The van der Waals surface area contributed by atoms with Crippen molar-refractivity contribution in [3.8, 4) is 0 Å². The average molecular weight is 277 g/mol. The van der Waals surface area contributed by atoms with Crippen molar-refractivity contribution in [2.24, 2.45) is 0 Å². The van der Waals surface area contributed by atoms with Crippen molar-refractivity contribution in [1.29, 1.82) is 0 Å². The van der Waals surface area contributed by atoms with E-state index < -0.39 is 0 Å². The van der Waals surface area contributed by atoms with Gasteiger partial charge in [0.1, 0.15) is 17.5 Å². The van der Waals surface area contributed by atoms with Crippen LogP contribution in [0.25, 0.3) is 0 Å². The van der Waals surface area contributed by atoms with E-state index in [2.05, 4.69) is 27.4 Å². The third-order valence-corrected chi connectivity index (χ3v) is 3.49. The van der Waals surface area contributed by atoms with Crippen molar-refractivity contribution in [2.75, 3.05) is 36.9 Å². The Kier molecular flexibility index (Phi) is 4.76. The molecule has 1 aliphatic heterocycles. The van der Waals surface area contributed by atoms with E-state index in [9.17, 15) is 4.79 Å². The monoisotopic (exact) mass is 277 g/mol. The fourth-order valence-corrected chi connectivity index (χ4v) is 2.42. The molecule has 1 amide bonds. The molecule has 1 fully saturated rings. The lowest BCUT2D eigenvalue weighted by Crippen LogP contribution is -2.30. The summed E-state index contributed by atoms with van der Waals surface area (Å²) in [5.41, 5.74) is 1.04. The van der Waals surface area contributed by atoms with E-state index in [1.54, 1.807) is 0 Å². The summed E-state index contributed by atoms with van der Waals surface area (Å²) in [6.45, 7) is 6.31. The second-order valence-corrected chi connectivity index (χ2v) is 5.02. The van der Waals surface area contributed by atoms with Crippen LogP contribution in [0.2, 0.25) is 0 Å². The summed E-state index contributed by atoms with van der Waals surface area (Å²) in [6.07, 6.45) is 2.40. The second kappa shape index (κ2) is 6.54. The third-order valence-electron chi connectivity index (χ3n) is 3.49. The summed E-state index contributed by atoms with van der Waals surface area (Å²) in [7, 11) is 1.88. The molecule has 0 bridgehead atoms. The van der Waals surface area contributed by atoms with Crippen LogP contribution in [0.15, 0.2) is 0 Å². The molecule has 1 aromatic rings. The lowest BCUT2D eigenvalue weighted by Gasteiger charge is -2.24. The predicted molar refractivity (Wildman–Crippen MR) is 80.2 cm³/mol. The van der Waals surface area contributed by atoms with Crippen molar-refractivity contribution in [3.63, 3.8) is 0 Å². The fraction of sp³-hybridized carbons (Fsp3) is 0.643.